The summed E-state index contributed by atoms with van der Waals surface area (Å²) in [5, 5.41) is 0.689. The molecule has 140 valence electrons. The first-order valence-corrected chi connectivity index (χ1v) is 9.10. The van der Waals surface area contributed by atoms with Crippen LogP contribution < -0.4 is 9.64 Å². The van der Waals surface area contributed by atoms with Gasteiger partial charge < -0.3 is 14.5 Å². The number of nitrogens with zero attached hydrogens (tertiary/aromatic N) is 4. The molecule has 3 rings (SSSR count). The van der Waals surface area contributed by atoms with Crippen molar-refractivity contribution in [1.82, 2.24) is 14.9 Å². The van der Waals surface area contributed by atoms with Gasteiger partial charge in [-0.15, -0.1) is 0 Å². The Labute approximate surface area is 165 Å². The Kier molecular flexibility index (Phi) is 6.27. The van der Waals surface area contributed by atoms with Crippen molar-refractivity contribution in [3.63, 3.8) is 0 Å². The molecule has 3 aromatic rings. The van der Waals surface area contributed by atoms with Crippen molar-refractivity contribution in [1.29, 1.82) is 0 Å². The second kappa shape index (κ2) is 8.84. The number of benzene rings is 2. The van der Waals surface area contributed by atoms with Gasteiger partial charge in [-0.25, -0.2) is 9.97 Å². The molecule has 0 spiro atoms. The third kappa shape index (κ3) is 4.96. The van der Waals surface area contributed by atoms with E-state index < -0.39 is 0 Å². The quantitative estimate of drug-likeness (QED) is 0.601. The van der Waals surface area contributed by atoms with E-state index in [0.717, 1.165) is 35.8 Å². The van der Waals surface area contributed by atoms with Gasteiger partial charge in [0.1, 0.15) is 5.75 Å². The second-order valence-electron chi connectivity index (χ2n) is 6.41. The molecule has 6 heteroatoms. The minimum atomic E-state index is 0.646. The minimum absolute atomic E-state index is 0.646. The second-order valence-corrected chi connectivity index (χ2v) is 6.84. The molecule has 5 nitrogen and oxygen atoms in total. The summed E-state index contributed by atoms with van der Waals surface area (Å²) in [5.41, 5.74) is 2.84. The number of likely N-dealkylation sites (N-methyl/N-ethyl adjacent to an activating group) is 1. The van der Waals surface area contributed by atoms with E-state index in [0.29, 0.717) is 11.0 Å². The van der Waals surface area contributed by atoms with Gasteiger partial charge in [0.15, 0.2) is 0 Å². The van der Waals surface area contributed by atoms with Crippen LogP contribution in [0.3, 0.4) is 0 Å². The number of methoxy groups -OCH3 is 1. The third-order valence-electron chi connectivity index (χ3n) is 4.16. The van der Waals surface area contributed by atoms with E-state index in [-0.39, 0.29) is 0 Å². The van der Waals surface area contributed by atoms with Crippen LogP contribution >= 0.6 is 11.6 Å². The molecule has 0 fully saturated rings. The van der Waals surface area contributed by atoms with Gasteiger partial charge >= 0.3 is 0 Å². The number of hydrogen-bond donors (Lipinski definition) is 0. The topological polar surface area (TPSA) is 41.5 Å². The van der Waals surface area contributed by atoms with Crippen molar-refractivity contribution in [2.75, 3.05) is 39.2 Å². The van der Waals surface area contributed by atoms with Crippen LogP contribution in [0.15, 0.2) is 60.8 Å². The largest absolute Gasteiger partial charge is 0.497 e. The van der Waals surface area contributed by atoms with E-state index in [1.807, 2.05) is 68.7 Å². The van der Waals surface area contributed by atoms with Crippen molar-refractivity contribution in [3.05, 3.63) is 65.8 Å². The van der Waals surface area contributed by atoms with Crippen molar-refractivity contribution < 1.29 is 4.74 Å². The number of hydrogen-bond acceptors (Lipinski definition) is 5. The molecule has 0 atom stereocenters. The highest BCUT2D eigenvalue weighted by molar-refractivity contribution is 6.30. The molecular weight excluding hydrogens is 360 g/mol. The number of anilines is 2. The average Bonchev–Trinajstić information content (AvgIpc) is 2.68. The van der Waals surface area contributed by atoms with Crippen molar-refractivity contribution >= 4 is 23.2 Å². The molecule has 0 bridgehead atoms. The SMILES string of the molecule is COc1ccc(-c2ccnc(N(CCN(C)C)c3cccc(Cl)c3)n2)cc1. The molecule has 1 aromatic heterocycles. The fraction of sp³-hybridized carbons (Fsp3) is 0.238. The maximum Gasteiger partial charge on any atom is 0.230 e. The Bertz CT molecular complexity index is 883. The lowest BCUT2D eigenvalue weighted by molar-refractivity contribution is 0.415. The molecule has 0 aliphatic heterocycles. The summed E-state index contributed by atoms with van der Waals surface area (Å²) < 4.78 is 5.23. The van der Waals surface area contributed by atoms with Gasteiger partial charge in [-0.3, -0.25) is 0 Å². The maximum absolute atomic E-state index is 6.21. The predicted octanol–water partition coefficient (Wildman–Crippen LogP) is 4.51. The lowest BCUT2D eigenvalue weighted by Crippen LogP contribution is -2.29. The molecule has 2 aromatic carbocycles. The first-order valence-electron chi connectivity index (χ1n) is 8.72. The lowest BCUT2D eigenvalue weighted by atomic mass is 10.1. The van der Waals surface area contributed by atoms with Crippen LogP contribution in [0.4, 0.5) is 11.6 Å². The molecule has 27 heavy (non-hydrogen) atoms. The van der Waals surface area contributed by atoms with E-state index in [4.69, 9.17) is 21.3 Å². The van der Waals surface area contributed by atoms with Gasteiger partial charge in [0.25, 0.3) is 0 Å². The van der Waals surface area contributed by atoms with Crippen LogP contribution in [-0.4, -0.2) is 49.2 Å². The lowest BCUT2D eigenvalue weighted by Gasteiger charge is -2.25. The molecule has 0 unspecified atom stereocenters. The molecule has 0 saturated carbocycles. The number of rotatable bonds is 7. The maximum atomic E-state index is 6.21. The molecule has 0 saturated heterocycles. The van der Waals surface area contributed by atoms with Gasteiger partial charge in [-0.2, -0.15) is 0 Å². The van der Waals surface area contributed by atoms with E-state index in [2.05, 4.69) is 14.8 Å². The highest BCUT2D eigenvalue weighted by atomic mass is 35.5. The van der Waals surface area contributed by atoms with E-state index in [9.17, 15) is 0 Å². The highest BCUT2D eigenvalue weighted by Crippen LogP contribution is 2.27. The summed E-state index contributed by atoms with van der Waals surface area (Å²) in [6.07, 6.45) is 1.79. The molecule has 0 N–H and O–H groups in total. The van der Waals surface area contributed by atoms with E-state index in [1.165, 1.54) is 0 Å². The summed E-state index contributed by atoms with van der Waals surface area (Å²) in [5.74, 6) is 1.46. The number of halogens is 1. The van der Waals surface area contributed by atoms with Crippen molar-refractivity contribution in [2.45, 2.75) is 0 Å². The number of aromatic nitrogens is 2. The van der Waals surface area contributed by atoms with Gasteiger partial charge in [-0.1, -0.05) is 17.7 Å². The summed E-state index contributed by atoms with van der Waals surface area (Å²) in [6, 6.07) is 17.5. The molecule has 0 aliphatic carbocycles. The van der Waals surface area contributed by atoms with Crippen molar-refractivity contribution in [2.24, 2.45) is 0 Å². The fourth-order valence-electron chi connectivity index (χ4n) is 2.69. The summed E-state index contributed by atoms with van der Waals surface area (Å²) in [6.45, 7) is 1.61. The minimum Gasteiger partial charge on any atom is -0.497 e. The van der Waals surface area contributed by atoms with Gasteiger partial charge in [0, 0.05) is 35.6 Å². The molecule has 0 amide bonds. The smallest absolute Gasteiger partial charge is 0.230 e. The van der Waals surface area contributed by atoms with Crippen LogP contribution in [0.1, 0.15) is 0 Å². The first kappa shape index (κ1) is 19.1. The summed E-state index contributed by atoms with van der Waals surface area (Å²) >= 11 is 6.21. The van der Waals surface area contributed by atoms with Crippen LogP contribution in [0.25, 0.3) is 11.3 Å². The Morgan fingerprint density at radius 2 is 1.78 bits per heavy atom. The number of ether oxygens (including phenoxy) is 1. The standard InChI is InChI=1S/C21H23ClN4O/c1-25(2)13-14-26(18-6-4-5-17(22)15-18)21-23-12-11-20(24-21)16-7-9-19(27-3)10-8-16/h4-12,15H,13-14H2,1-3H3. The Balaban J connectivity index is 1.96. The molecule has 0 aliphatic rings. The Hall–Kier alpha value is -2.63. The highest BCUT2D eigenvalue weighted by Gasteiger charge is 2.14. The van der Waals surface area contributed by atoms with Gasteiger partial charge in [-0.05, 0) is 62.6 Å². The monoisotopic (exact) mass is 382 g/mol. The van der Waals surface area contributed by atoms with Crippen LogP contribution in [-0.2, 0) is 0 Å². The zero-order valence-corrected chi connectivity index (χ0v) is 16.5. The van der Waals surface area contributed by atoms with Crippen molar-refractivity contribution in [3.8, 4) is 17.0 Å². The molecule has 1 heterocycles. The van der Waals surface area contributed by atoms with Crippen LogP contribution in [0.5, 0.6) is 5.75 Å². The first-order chi connectivity index (χ1) is 13.1. The van der Waals surface area contributed by atoms with Crippen LogP contribution in [0.2, 0.25) is 5.02 Å². The Morgan fingerprint density at radius 3 is 2.44 bits per heavy atom. The Morgan fingerprint density at radius 1 is 1.00 bits per heavy atom. The summed E-state index contributed by atoms with van der Waals surface area (Å²) in [4.78, 5) is 13.5. The predicted molar refractivity (Wildman–Crippen MR) is 111 cm³/mol. The van der Waals surface area contributed by atoms with E-state index >= 15 is 0 Å². The normalized spacial score (nSPS) is 10.9. The fourth-order valence-corrected chi connectivity index (χ4v) is 2.87. The zero-order chi connectivity index (χ0) is 19.2. The third-order valence-corrected chi connectivity index (χ3v) is 4.40. The molecular formula is C21H23ClN4O. The zero-order valence-electron chi connectivity index (χ0n) is 15.8. The van der Waals surface area contributed by atoms with Gasteiger partial charge in [0.2, 0.25) is 5.95 Å². The van der Waals surface area contributed by atoms with E-state index in [1.54, 1.807) is 13.3 Å². The summed E-state index contributed by atoms with van der Waals surface area (Å²) in [7, 11) is 5.75. The van der Waals surface area contributed by atoms with Gasteiger partial charge in [0.05, 0.1) is 12.8 Å². The molecule has 0 radical (unpaired) electrons. The average molecular weight is 383 g/mol. The van der Waals surface area contributed by atoms with Crippen LogP contribution in [0, 0.1) is 0 Å².